The summed E-state index contributed by atoms with van der Waals surface area (Å²) >= 11 is 0. The molecular formula is C19H23N. The molecule has 2 aliphatic carbocycles. The Hall–Kier alpha value is -1.76. The first-order valence-corrected chi connectivity index (χ1v) is 7.78. The van der Waals surface area contributed by atoms with Crippen molar-refractivity contribution in [3.63, 3.8) is 0 Å². The molecule has 0 N–H and O–H groups in total. The van der Waals surface area contributed by atoms with Gasteiger partial charge in [-0.2, -0.15) is 0 Å². The van der Waals surface area contributed by atoms with E-state index in [1.54, 1.807) is 5.57 Å². The summed E-state index contributed by atoms with van der Waals surface area (Å²) in [4.78, 5) is 2.51. The molecule has 0 bridgehead atoms. The maximum atomic E-state index is 2.51. The fourth-order valence-corrected chi connectivity index (χ4v) is 3.27. The smallest absolute Gasteiger partial charge is 0.0479 e. The van der Waals surface area contributed by atoms with E-state index in [1.165, 1.54) is 36.9 Å². The van der Waals surface area contributed by atoms with Crippen LogP contribution in [0.2, 0.25) is 0 Å². The van der Waals surface area contributed by atoms with Crippen LogP contribution in [0.5, 0.6) is 0 Å². The van der Waals surface area contributed by atoms with E-state index >= 15 is 0 Å². The molecule has 1 aromatic rings. The Bertz CT molecular complexity index is 536. The Balaban J connectivity index is 1.83. The lowest BCUT2D eigenvalue weighted by molar-refractivity contribution is 0.650. The van der Waals surface area contributed by atoms with Crippen LogP contribution in [-0.2, 0) is 0 Å². The van der Waals surface area contributed by atoms with Gasteiger partial charge in [0.25, 0.3) is 0 Å². The van der Waals surface area contributed by atoms with Crippen LogP contribution in [0.4, 0.5) is 5.69 Å². The van der Waals surface area contributed by atoms with E-state index in [4.69, 9.17) is 0 Å². The van der Waals surface area contributed by atoms with Crippen LogP contribution in [0.15, 0.2) is 65.8 Å². The zero-order chi connectivity index (χ0) is 13.8. The topological polar surface area (TPSA) is 3.24 Å². The van der Waals surface area contributed by atoms with E-state index in [0.29, 0.717) is 6.04 Å². The standard InChI is InChI=1S/C19H23N/c1-2-20(18-10-4-3-5-11-18)19-14-12-16-8-6-7-9-17(16)13-15-19/h3-5,8-12,14,19H,2,6-7,13,15H2,1H3. The predicted molar refractivity (Wildman–Crippen MR) is 87.0 cm³/mol. The SMILES string of the molecule is CCN(c1ccccc1)C1C=CC2=CCCC=C2CC1. The maximum absolute atomic E-state index is 2.51. The molecular weight excluding hydrogens is 242 g/mol. The summed E-state index contributed by atoms with van der Waals surface area (Å²) in [5.41, 5.74) is 4.35. The number of allylic oxidation sites excluding steroid dienone is 5. The number of nitrogens with zero attached hydrogens (tertiary/aromatic N) is 1. The minimum atomic E-state index is 0.509. The van der Waals surface area contributed by atoms with Crippen LogP contribution in [-0.4, -0.2) is 12.6 Å². The largest absolute Gasteiger partial charge is 0.365 e. The number of rotatable bonds is 3. The molecule has 104 valence electrons. The van der Waals surface area contributed by atoms with E-state index in [2.05, 4.69) is 66.5 Å². The zero-order valence-corrected chi connectivity index (χ0v) is 12.3. The van der Waals surface area contributed by atoms with Crippen molar-refractivity contribution in [3.8, 4) is 0 Å². The van der Waals surface area contributed by atoms with Gasteiger partial charge in [0, 0.05) is 18.3 Å². The number of hydrogen-bond donors (Lipinski definition) is 0. The first-order valence-electron chi connectivity index (χ1n) is 7.78. The highest BCUT2D eigenvalue weighted by Crippen LogP contribution is 2.30. The first-order chi connectivity index (χ1) is 9.88. The molecule has 1 aromatic carbocycles. The van der Waals surface area contributed by atoms with Gasteiger partial charge in [0.15, 0.2) is 0 Å². The number of likely N-dealkylation sites (N-methyl/N-ethyl adjacent to an activating group) is 1. The Morgan fingerprint density at radius 2 is 1.90 bits per heavy atom. The van der Waals surface area contributed by atoms with Crippen molar-refractivity contribution < 1.29 is 0 Å². The van der Waals surface area contributed by atoms with Crippen LogP contribution >= 0.6 is 0 Å². The Kier molecular flexibility index (Phi) is 4.05. The first kappa shape index (κ1) is 13.2. The van der Waals surface area contributed by atoms with E-state index < -0.39 is 0 Å². The van der Waals surface area contributed by atoms with Crippen LogP contribution < -0.4 is 4.90 Å². The van der Waals surface area contributed by atoms with E-state index in [1.807, 2.05) is 0 Å². The number of benzene rings is 1. The summed E-state index contributed by atoms with van der Waals surface area (Å²) in [6, 6.07) is 11.3. The van der Waals surface area contributed by atoms with Gasteiger partial charge in [0.1, 0.15) is 0 Å². The third-order valence-corrected chi connectivity index (χ3v) is 4.33. The minimum Gasteiger partial charge on any atom is -0.365 e. The van der Waals surface area contributed by atoms with E-state index in [0.717, 1.165) is 6.54 Å². The highest BCUT2D eigenvalue weighted by Gasteiger charge is 2.19. The summed E-state index contributed by atoms with van der Waals surface area (Å²) in [5, 5.41) is 0. The predicted octanol–water partition coefficient (Wildman–Crippen LogP) is 4.88. The van der Waals surface area contributed by atoms with Gasteiger partial charge in [-0.3, -0.25) is 0 Å². The van der Waals surface area contributed by atoms with Gasteiger partial charge in [-0.15, -0.1) is 0 Å². The van der Waals surface area contributed by atoms with Gasteiger partial charge >= 0.3 is 0 Å². The molecule has 1 nitrogen and oxygen atoms in total. The lowest BCUT2D eigenvalue weighted by atomic mass is 9.95. The lowest BCUT2D eigenvalue weighted by Gasteiger charge is -2.30. The van der Waals surface area contributed by atoms with Gasteiger partial charge < -0.3 is 4.90 Å². The van der Waals surface area contributed by atoms with Crippen molar-refractivity contribution in [2.75, 3.05) is 11.4 Å². The van der Waals surface area contributed by atoms with Crippen molar-refractivity contribution >= 4 is 5.69 Å². The number of anilines is 1. The quantitative estimate of drug-likeness (QED) is 0.753. The van der Waals surface area contributed by atoms with Gasteiger partial charge in [-0.05, 0) is 55.9 Å². The van der Waals surface area contributed by atoms with Gasteiger partial charge in [0.2, 0.25) is 0 Å². The molecule has 1 atom stereocenters. The number of para-hydroxylation sites is 1. The summed E-state index contributed by atoms with van der Waals surface area (Å²) in [7, 11) is 0. The molecule has 2 aliphatic rings. The van der Waals surface area contributed by atoms with Crippen LogP contribution in [0, 0.1) is 0 Å². The lowest BCUT2D eigenvalue weighted by Crippen LogP contribution is -2.33. The average molecular weight is 265 g/mol. The van der Waals surface area contributed by atoms with E-state index in [9.17, 15) is 0 Å². The summed E-state index contributed by atoms with van der Waals surface area (Å²) < 4.78 is 0. The third-order valence-electron chi connectivity index (χ3n) is 4.33. The average Bonchev–Trinajstić information content (AvgIpc) is 2.72. The molecule has 0 heterocycles. The van der Waals surface area contributed by atoms with Crippen LogP contribution in [0.1, 0.15) is 32.6 Å². The van der Waals surface area contributed by atoms with Crippen molar-refractivity contribution in [1.29, 1.82) is 0 Å². The Morgan fingerprint density at radius 3 is 2.70 bits per heavy atom. The molecule has 0 radical (unpaired) electrons. The highest BCUT2D eigenvalue weighted by molar-refractivity contribution is 5.50. The molecule has 0 spiro atoms. The summed E-state index contributed by atoms with van der Waals surface area (Å²) in [6.07, 6.45) is 14.4. The molecule has 0 saturated carbocycles. The molecule has 0 fully saturated rings. The maximum Gasteiger partial charge on any atom is 0.0479 e. The molecule has 0 amide bonds. The van der Waals surface area contributed by atoms with E-state index in [-0.39, 0.29) is 0 Å². The van der Waals surface area contributed by atoms with Crippen molar-refractivity contribution in [3.05, 3.63) is 65.8 Å². The van der Waals surface area contributed by atoms with Crippen LogP contribution in [0.3, 0.4) is 0 Å². The van der Waals surface area contributed by atoms with Crippen molar-refractivity contribution in [2.24, 2.45) is 0 Å². The van der Waals surface area contributed by atoms with Crippen molar-refractivity contribution in [2.45, 2.75) is 38.6 Å². The van der Waals surface area contributed by atoms with Crippen LogP contribution in [0.25, 0.3) is 0 Å². The molecule has 0 saturated heterocycles. The van der Waals surface area contributed by atoms with Crippen molar-refractivity contribution in [1.82, 2.24) is 0 Å². The molecule has 0 aliphatic heterocycles. The molecule has 1 unspecified atom stereocenters. The number of hydrogen-bond acceptors (Lipinski definition) is 1. The molecule has 3 rings (SSSR count). The summed E-state index contributed by atoms with van der Waals surface area (Å²) in [5.74, 6) is 0. The second-order valence-electron chi connectivity index (χ2n) is 5.55. The van der Waals surface area contributed by atoms with Gasteiger partial charge in [-0.1, -0.05) is 42.5 Å². The monoisotopic (exact) mass is 265 g/mol. The second-order valence-corrected chi connectivity index (χ2v) is 5.55. The van der Waals surface area contributed by atoms with Gasteiger partial charge in [0.05, 0.1) is 0 Å². The molecule has 20 heavy (non-hydrogen) atoms. The Morgan fingerprint density at radius 1 is 1.10 bits per heavy atom. The third kappa shape index (κ3) is 2.72. The summed E-state index contributed by atoms with van der Waals surface area (Å²) in [6.45, 7) is 3.30. The minimum absolute atomic E-state index is 0.509. The number of fused-ring (bicyclic) bond motifs is 1. The zero-order valence-electron chi connectivity index (χ0n) is 12.3. The fourth-order valence-electron chi connectivity index (χ4n) is 3.27. The molecule has 1 heteroatoms. The second kappa shape index (κ2) is 6.13. The van der Waals surface area contributed by atoms with Gasteiger partial charge in [-0.25, -0.2) is 0 Å². The molecule has 0 aromatic heterocycles. The Labute approximate surface area is 122 Å². The highest BCUT2D eigenvalue weighted by atomic mass is 15.1. The fraction of sp³-hybridized carbons (Fsp3) is 0.368. The normalized spacial score (nSPS) is 21.6.